The van der Waals surface area contributed by atoms with Crippen LogP contribution in [0.15, 0.2) is 22.7 Å². The van der Waals surface area contributed by atoms with E-state index in [1.54, 1.807) is 11.3 Å². The molecular weight excluding hydrogens is 310 g/mol. The highest BCUT2D eigenvalue weighted by molar-refractivity contribution is 9.10. The number of aromatic nitrogens is 1. The summed E-state index contributed by atoms with van der Waals surface area (Å²) in [7, 11) is 0. The van der Waals surface area contributed by atoms with Gasteiger partial charge in [-0.1, -0.05) is 41.1 Å². The van der Waals surface area contributed by atoms with Crippen LogP contribution in [0.1, 0.15) is 13.8 Å². The summed E-state index contributed by atoms with van der Waals surface area (Å²) in [5.74, 6) is 0. The first-order valence-electron chi connectivity index (χ1n) is 6.25. The first-order chi connectivity index (χ1) is 8.72. The number of halogens is 1. The van der Waals surface area contributed by atoms with E-state index in [9.17, 15) is 0 Å². The van der Waals surface area contributed by atoms with Gasteiger partial charge in [0.15, 0.2) is 5.13 Å². The molecule has 1 N–H and O–H groups in total. The van der Waals surface area contributed by atoms with Crippen LogP contribution in [0.25, 0.3) is 10.2 Å². The van der Waals surface area contributed by atoms with Crippen molar-refractivity contribution >= 4 is 42.6 Å². The number of fused-ring (bicyclic) bond motifs is 1. The number of hydrogen-bond donors (Lipinski definition) is 1. The van der Waals surface area contributed by atoms with Crippen LogP contribution in [-0.2, 0) is 0 Å². The van der Waals surface area contributed by atoms with Crippen LogP contribution < -0.4 is 5.32 Å². The Morgan fingerprint density at radius 1 is 1.33 bits per heavy atom. The van der Waals surface area contributed by atoms with Crippen LogP contribution in [0.5, 0.6) is 0 Å². The van der Waals surface area contributed by atoms with Crippen LogP contribution >= 0.6 is 27.3 Å². The zero-order valence-corrected chi connectivity index (χ0v) is 13.1. The van der Waals surface area contributed by atoms with Crippen molar-refractivity contribution in [1.29, 1.82) is 0 Å². The fraction of sp³-hybridized carbons (Fsp3) is 0.462. The number of thiazole rings is 1. The summed E-state index contributed by atoms with van der Waals surface area (Å²) in [6.07, 6.45) is 0. The molecule has 0 saturated carbocycles. The fourth-order valence-electron chi connectivity index (χ4n) is 1.83. The van der Waals surface area contributed by atoms with E-state index >= 15 is 0 Å². The van der Waals surface area contributed by atoms with Crippen molar-refractivity contribution in [2.75, 3.05) is 31.5 Å². The summed E-state index contributed by atoms with van der Waals surface area (Å²) in [5, 5.41) is 4.41. The van der Waals surface area contributed by atoms with Crippen LogP contribution in [0.4, 0.5) is 5.13 Å². The number of likely N-dealkylation sites (N-methyl/N-ethyl adjacent to an activating group) is 1. The van der Waals surface area contributed by atoms with E-state index in [-0.39, 0.29) is 0 Å². The smallest absolute Gasteiger partial charge is 0.183 e. The molecule has 2 aromatic rings. The lowest BCUT2D eigenvalue weighted by atomic mass is 10.3. The van der Waals surface area contributed by atoms with Gasteiger partial charge in [0.2, 0.25) is 0 Å². The molecule has 0 aliphatic rings. The largest absolute Gasteiger partial charge is 0.360 e. The van der Waals surface area contributed by atoms with Gasteiger partial charge in [-0.3, -0.25) is 0 Å². The highest BCUT2D eigenvalue weighted by atomic mass is 79.9. The quantitative estimate of drug-likeness (QED) is 0.874. The second-order valence-corrected chi connectivity index (χ2v) is 6.03. The lowest BCUT2D eigenvalue weighted by molar-refractivity contribution is 0.316. The van der Waals surface area contributed by atoms with Crippen molar-refractivity contribution in [3.8, 4) is 0 Å². The predicted octanol–water partition coefficient (Wildman–Crippen LogP) is 3.81. The fourth-order valence-corrected chi connectivity index (χ4v) is 3.28. The number of hydrogen-bond acceptors (Lipinski definition) is 4. The summed E-state index contributed by atoms with van der Waals surface area (Å²) in [4.78, 5) is 6.97. The Bertz CT molecular complexity index is 508. The third-order valence-corrected chi connectivity index (χ3v) is 4.42. The van der Waals surface area contributed by atoms with E-state index in [0.717, 1.165) is 41.3 Å². The monoisotopic (exact) mass is 327 g/mol. The topological polar surface area (TPSA) is 28.2 Å². The zero-order valence-electron chi connectivity index (χ0n) is 10.7. The van der Waals surface area contributed by atoms with Crippen LogP contribution in [0.2, 0.25) is 0 Å². The zero-order chi connectivity index (χ0) is 13.0. The van der Waals surface area contributed by atoms with Gasteiger partial charge >= 0.3 is 0 Å². The molecule has 0 saturated heterocycles. The first kappa shape index (κ1) is 13.8. The SMILES string of the molecule is CCN(CC)CCNc1nc2ccc(Br)cc2s1. The molecule has 0 atom stereocenters. The molecule has 1 heterocycles. The van der Waals surface area contributed by atoms with E-state index in [1.807, 2.05) is 12.1 Å². The lowest BCUT2D eigenvalue weighted by Gasteiger charge is -2.17. The Balaban J connectivity index is 1.95. The molecule has 2 rings (SSSR count). The second-order valence-electron chi connectivity index (χ2n) is 4.08. The van der Waals surface area contributed by atoms with Crippen molar-refractivity contribution in [1.82, 2.24) is 9.88 Å². The molecular formula is C13H18BrN3S. The van der Waals surface area contributed by atoms with Gasteiger partial charge in [-0.15, -0.1) is 0 Å². The summed E-state index contributed by atoms with van der Waals surface area (Å²) in [6.45, 7) is 8.60. The lowest BCUT2D eigenvalue weighted by Crippen LogP contribution is -2.28. The number of rotatable bonds is 6. The van der Waals surface area contributed by atoms with Crippen LogP contribution in [0, 0.1) is 0 Å². The first-order valence-corrected chi connectivity index (χ1v) is 7.86. The van der Waals surface area contributed by atoms with E-state index in [0.29, 0.717) is 0 Å². The van der Waals surface area contributed by atoms with Crippen molar-refractivity contribution in [3.05, 3.63) is 22.7 Å². The standard InChI is InChI=1S/C13H18BrN3S/c1-3-17(4-2)8-7-15-13-16-11-6-5-10(14)9-12(11)18-13/h5-6,9H,3-4,7-8H2,1-2H3,(H,15,16). The van der Waals surface area contributed by atoms with E-state index in [4.69, 9.17) is 0 Å². The Morgan fingerprint density at radius 2 is 2.11 bits per heavy atom. The normalized spacial score (nSPS) is 11.3. The summed E-state index contributed by atoms with van der Waals surface area (Å²) in [6, 6.07) is 6.19. The van der Waals surface area contributed by atoms with Gasteiger partial charge in [0.1, 0.15) is 0 Å². The van der Waals surface area contributed by atoms with Gasteiger partial charge in [0.05, 0.1) is 10.2 Å². The second kappa shape index (κ2) is 6.50. The maximum Gasteiger partial charge on any atom is 0.183 e. The summed E-state index contributed by atoms with van der Waals surface area (Å²) < 4.78 is 2.32. The Morgan fingerprint density at radius 3 is 2.83 bits per heavy atom. The molecule has 3 nitrogen and oxygen atoms in total. The number of nitrogens with one attached hydrogen (secondary N) is 1. The minimum Gasteiger partial charge on any atom is -0.360 e. The van der Waals surface area contributed by atoms with E-state index in [1.165, 1.54) is 4.70 Å². The Labute approximate surface area is 120 Å². The van der Waals surface area contributed by atoms with E-state index in [2.05, 4.69) is 51.0 Å². The van der Waals surface area contributed by atoms with Gasteiger partial charge in [-0.2, -0.15) is 0 Å². The average molecular weight is 328 g/mol. The molecule has 5 heteroatoms. The summed E-state index contributed by atoms with van der Waals surface area (Å²) in [5.41, 5.74) is 1.06. The number of anilines is 1. The van der Waals surface area contributed by atoms with Gasteiger partial charge < -0.3 is 10.2 Å². The summed E-state index contributed by atoms with van der Waals surface area (Å²) >= 11 is 5.19. The predicted molar refractivity (Wildman–Crippen MR) is 83.6 cm³/mol. The molecule has 0 fully saturated rings. The number of nitrogens with zero attached hydrogens (tertiary/aromatic N) is 2. The van der Waals surface area contributed by atoms with Gasteiger partial charge in [0, 0.05) is 17.6 Å². The molecule has 98 valence electrons. The average Bonchev–Trinajstić information content (AvgIpc) is 2.76. The molecule has 0 aliphatic carbocycles. The van der Waals surface area contributed by atoms with Gasteiger partial charge in [-0.25, -0.2) is 4.98 Å². The number of benzene rings is 1. The molecule has 0 unspecified atom stereocenters. The molecule has 0 aliphatic heterocycles. The molecule has 0 spiro atoms. The van der Waals surface area contributed by atoms with Crippen molar-refractivity contribution in [2.45, 2.75) is 13.8 Å². The molecule has 0 amide bonds. The molecule has 1 aromatic carbocycles. The van der Waals surface area contributed by atoms with Gasteiger partial charge in [0.25, 0.3) is 0 Å². The maximum absolute atomic E-state index is 4.57. The maximum atomic E-state index is 4.57. The van der Waals surface area contributed by atoms with Gasteiger partial charge in [-0.05, 0) is 31.3 Å². The minimum absolute atomic E-state index is 0.947. The highest BCUT2D eigenvalue weighted by Gasteiger charge is 2.04. The van der Waals surface area contributed by atoms with Crippen molar-refractivity contribution in [2.24, 2.45) is 0 Å². The van der Waals surface area contributed by atoms with Crippen LogP contribution in [-0.4, -0.2) is 36.1 Å². The van der Waals surface area contributed by atoms with Crippen LogP contribution in [0.3, 0.4) is 0 Å². The third-order valence-electron chi connectivity index (χ3n) is 2.95. The highest BCUT2D eigenvalue weighted by Crippen LogP contribution is 2.28. The molecule has 18 heavy (non-hydrogen) atoms. The third kappa shape index (κ3) is 3.43. The van der Waals surface area contributed by atoms with E-state index < -0.39 is 0 Å². The Hall–Kier alpha value is -0.650. The minimum atomic E-state index is 0.947. The molecule has 0 bridgehead atoms. The Kier molecular flexibility index (Phi) is 4.97. The molecule has 1 aromatic heterocycles. The van der Waals surface area contributed by atoms with Crippen molar-refractivity contribution < 1.29 is 0 Å². The molecule has 0 radical (unpaired) electrons. The van der Waals surface area contributed by atoms with Crippen molar-refractivity contribution in [3.63, 3.8) is 0 Å².